The number of hydrogen-bond donors (Lipinski definition) is 1. The minimum Gasteiger partial charge on any atom is -0.748 e. The van der Waals surface area contributed by atoms with E-state index < -0.39 is 21.3 Å². The zero-order valence-electron chi connectivity index (χ0n) is 30.4. The van der Waals surface area contributed by atoms with Gasteiger partial charge in [0.1, 0.15) is 11.3 Å². The summed E-state index contributed by atoms with van der Waals surface area (Å²) in [7, 11) is -0.242. The third-order valence-corrected chi connectivity index (χ3v) is 10.0. The second kappa shape index (κ2) is 20.6. The van der Waals surface area contributed by atoms with Gasteiger partial charge in [0.05, 0.1) is 49.3 Å². The number of hydrogen-bond acceptors (Lipinski definition) is 8. The number of fused-ring (bicyclic) bond motifs is 1. The Hall–Kier alpha value is -3.08. The second-order valence-electron chi connectivity index (χ2n) is 14.0. The number of ether oxygens (including phenoxy) is 1. The molecule has 1 N–H and O–H groups in total. The quantitative estimate of drug-likeness (QED) is 0.0531. The molecule has 0 radical (unpaired) electrons. The van der Waals surface area contributed by atoms with Crippen molar-refractivity contribution in [2.45, 2.75) is 104 Å². The molecule has 0 aliphatic carbocycles. The lowest BCUT2D eigenvalue weighted by Gasteiger charge is -2.30. The van der Waals surface area contributed by atoms with Gasteiger partial charge >= 0.3 is 0 Å². The molecular weight excluding hydrogens is 641 g/mol. The maximum Gasteiger partial charge on any atom is 0.235 e. The first kappa shape index (κ1) is 40.4. The summed E-state index contributed by atoms with van der Waals surface area (Å²) < 4.78 is 45.2. The number of benzene rings is 2. The molecular formula is C39H60N2O7S. The van der Waals surface area contributed by atoms with E-state index in [4.69, 9.17) is 9.15 Å². The van der Waals surface area contributed by atoms with Crippen molar-refractivity contribution in [3.63, 3.8) is 0 Å². The Morgan fingerprint density at radius 2 is 1.37 bits per heavy atom. The molecule has 2 aromatic carbocycles. The molecule has 0 amide bonds. The summed E-state index contributed by atoms with van der Waals surface area (Å²) in [4.78, 5) is 15.7. The number of anilines is 1. The van der Waals surface area contributed by atoms with Gasteiger partial charge in [-0.25, -0.2) is 8.42 Å². The Balaban J connectivity index is 1.64. The molecule has 0 saturated carbocycles. The minimum absolute atomic E-state index is 0.154. The Bertz CT molecular complexity index is 1550. The zero-order chi connectivity index (χ0) is 35.7. The number of unbranched alkanes of at least 4 members (excludes halogenated alkanes) is 10. The number of rotatable bonds is 25. The predicted octanol–water partition coefficient (Wildman–Crippen LogP) is 8.47. The molecule has 0 aliphatic heterocycles. The van der Waals surface area contributed by atoms with Crippen LogP contribution in [0.15, 0.2) is 51.7 Å². The fourth-order valence-electron chi connectivity index (χ4n) is 6.27. The third kappa shape index (κ3) is 14.4. The fourth-order valence-corrected chi connectivity index (χ4v) is 6.76. The van der Waals surface area contributed by atoms with Crippen molar-refractivity contribution in [3.8, 4) is 22.8 Å². The van der Waals surface area contributed by atoms with Gasteiger partial charge in [-0.2, -0.15) is 0 Å². The lowest BCUT2D eigenvalue weighted by atomic mass is 10.1. The van der Waals surface area contributed by atoms with Crippen LogP contribution >= 0.6 is 0 Å². The smallest absolute Gasteiger partial charge is 0.235 e. The lowest BCUT2D eigenvalue weighted by molar-refractivity contribution is -0.890. The predicted molar refractivity (Wildman–Crippen MR) is 200 cm³/mol. The molecule has 274 valence electrons. The molecule has 3 aromatic rings. The van der Waals surface area contributed by atoms with Crippen LogP contribution in [0.1, 0.15) is 104 Å². The van der Waals surface area contributed by atoms with Crippen molar-refractivity contribution in [1.82, 2.24) is 0 Å². The largest absolute Gasteiger partial charge is 0.748 e. The zero-order valence-corrected chi connectivity index (χ0v) is 31.2. The van der Waals surface area contributed by atoms with E-state index in [9.17, 15) is 22.9 Å². The van der Waals surface area contributed by atoms with Gasteiger partial charge in [0.15, 0.2) is 5.76 Å². The van der Waals surface area contributed by atoms with E-state index in [0.717, 1.165) is 25.3 Å². The topological polar surface area (TPSA) is 120 Å². The summed E-state index contributed by atoms with van der Waals surface area (Å²) >= 11 is 0. The molecule has 0 atom stereocenters. The van der Waals surface area contributed by atoms with Crippen molar-refractivity contribution in [3.05, 3.63) is 52.7 Å². The fraction of sp³-hybridized carbons (Fsp3) is 0.615. The highest BCUT2D eigenvalue weighted by molar-refractivity contribution is 7.85. The maximum atomic E-state index is 13.3. The van der Waals surface area contributed by atoms with Gasteiger partial charge < -0.3 is 28.2 Å². The Morgan fingerprint density at radius 1 is 0.796 bits per heavy atom. The summed E-state index contributed by atoms with van der Waals surface area (Å²) in [6, 6.07) is 13.0. The number of quaternary nitrogens is 1. The van der Waals surface area contributed by atoms with Crippen molar-refractivity contribution in [1.29, 1.82) is 0 Å². The van der Waals surface area contributed by atoms with Gasteiger partial charge in [0, 0.05) is 42.9 Å². The van der Waals surface area contributed by atoms with Crippen molar-refractivity contribution in [2.75, 3.05) is 57.5 Å². The van der Waals surface area contributed by atoms with E-state index in [1.54, 1.807) is 18.2 Å². The molecule has 1 aromatic heterocycles. The number of aromatic hydroxyl groups is 1. The molecule has 3 rings (SSSR count). The van der Waals surface area contributed by atoms with E-state index in [2.05, 4.69) is 30.9 Å². The van der Waals surface area contributed by atoms with E-state index >= 15 is 0 Å². The summed E-state index contributed by atoms with van der Waals surface area (Å²) in [6.45, 7) is 8.22. The van der Waals surface area contributed by atoms with Crippen LogP contribution in [0.2, 0.25) is 0 Å². The van der Waals surface area contributed by atoms with Crippen LogP contribution in [-0.4, -0.2) is 75.2 Å². The van der Waals surface area contributed by atoms with Crippen LogP contribution in [0, 0.1) is 0 Å². The summed E-state index contributed by atoms with van der Waals surface area (Å²) in [6.07, 6.45) is 16.1. The molecule has 0 bridgehead atoms. The average molecular weight is 701 g/mol. The van der Waals surface area contributed by atoms with Crippen LogP contribution in [0.3, 0.4) is 0 Å². The van der Waals surface area contributed by atoms with Crippen LogP contribution in [-0.2, 0) is 10.1 Å². The standard InChI is InChI=1S/C39H60N2O7S/c1-5-7-9-11-13-15-25-40(26-16-14-12-10-8-6-2)33-21-19-32(20-22-33)39-38(43)37(42)35-31-34(23-24-36(35)48-39)47-29-17-27-41(3,4)28-18-30-49(44,45)46/h19-24,31H,5-18,25-30H2,1-4H3,(H-,43,44,45,46). The molecule has 0 unspecified atom stereocenters. The van der Waals surface area contributed by atoms with E-state index in [1.165, 1.54) is 77.0 Å². The van der Waals surface area contributed by atoms with Gasteiger partial charge in [0.2, 0.25) is 11.2 Å². The Labute approximate surface area is 294 Å². The minimum atomic E-state index is -4.21. The van der Waals surface area contributed by atoms with Gasteiger partial charge in [0.25, 0.3) is 0 Å². The van der Waals surface area contributed by atoms with Crippen LogP contribution in [0.4, 0.5) is 5.69 Å². The summed E-state index contributed by atoms with van der Waals surface area (Å²) in [5.41, 5.74) is 1.65. The molecule has 1 heterocycles. The van der Waals surface area contributed by atoms with Crippen LogP contribution in [0.5, 0.6) is 11.5 Å². The summed E-state index contributed by atoms with van der Waals surface area (Å²) in [5.74, 6) is -0.134. The highest BCUT2D eigenvalue weighted by Gasteiger charge is 2.18. The van der Waals surface area contributed by atoms with E-state index in [-0.39, 0.29) is 16.9 Å². The van der Waals surface area contributed by atoms with E-state index in [0.29, 0.717) is 47.4 Å². The van der Waals surface area contributed by atoms with Crippen LogP contribution < -0.4 is 15.1 Å². The van der Waals surface area contributed by atoms with Gasteiger partial charge in [-0.1, -0.05) is 78.1 Å². The lowest BCUT2D eigenvalue weighted by Crippen LogP contribution is -2.42. The highest BCUT2D eigenvalue weighted by atomic mass is 32.2. The van der Waals surface area contributed by atoms with Crippen molar-refractivity contribution in [2.24, 2.45) is 0 Å². The third-order valence-electron chi connectivity index (χ3n) is 9.23. The first-order valence-corrected chi connectivity index (χ1v) is 20.1. The van der Waals surface area contributed by atoms with Crippen molar-refractivity contribution >= 4 is 26.8 Å². The van der Waals surface area contributed by atoms with Gasteiger partial charge in [-0.3, -0.25) is 4.79 Å². The van der Waals surface area contributed by atoms with E-state index in [1.807, 2.05) is 26.2 Å². The maximum absolute atomic E-state index is 13.3. The second-order valence-corrected chi connectivity index (χ2v) is 15.6. The van der Waals surface area contributed by atoms with Gasteiger partial charge in [-0.15, -0.1) is 0 Å². The monoisotopic (exact) mass is 700 g/mol. The Kier molecular flexibility index (Phi) is 16.9. The first-order valence-electron chi connectivity index (χ1n) is 18.5. The SMILES string of the molecule is CCCCCCCCN(CCCCCCCC)c1ccc(-c2oc3ccc(OCCC[N+](C)(C)CCCS(=O)(=O)[O-])cc3c(=O)c2O)cc1. The summed E-state index contributed by atoms with van der Waals surface area (Å²) in [5, 5.41) is 11.2. The number of nitrogens with zero attached hydrogens (tertiary/aromatic N) is 2. The Morgan fingerprint density at radius 3 is 1.96 bits per heavy atom. The average Bonchev–Trinajstić information content (AvgIpc) is 3.06. The molecule has 0 saturated heterocycles. The molecule has 49 heavy (non-hydrogen) atoms. The molecule has 9 nitrogen and oxygen atoms in total. The normalized spacial score (nSPS) is 12.1. The highest BCUT2D eigenvalue weighted by Crippen LogP contribution is 2.32. The first-order chi connectivity index (χ1) is 23.4. The molecule has 0 spiro atoms. The molecule has 10 heteroatoms. The molecule has 0 aliphatic rings. The molecule has 0 fully saturated rings. The van der Waals surface area contributed by atoms with Crippen LogP contribution in [0.25, 0.3) is 22.3 Å². The van der Waals surface area contributed by atoms with Gasteiger partial charge in [-0.05, 0) is 55.3 Å². The van der Waals surface area contributed by atoms with Crippen molar-refractivity contribution < 1.29 is 31.7 Å².